The van der Waals surface area contributed by atoms with Gasteiger partial charge < -0.3 is 14.6 Å². The first-order valence-electron chi connectivity index (χ1n) is 6.49. The minimum Gasteiger partial charge on any atom is -0.494 e. The first-order valence-corrected chi connectivity index (χ1v) is 6.49. The average Bonchev–Trinajstić information content (AvgIpc) is 2.61. The van der Waals surface area contributed by atoms with Gasteiger partial charge in [0.2, 0.25) is 0 Å². The summed E-state index contributed by atoms with van der Waals surface area (Å²) < 4.78 is 7.85. The van der Waals surface area contributed by atoms with E-state index in [4.69, 9.17) is 4.74 Å². The molecular weight excluding hydrogens is 224 g/mol. The molecule has 98 valence electrons. The van der Waals surface area contributed by atoms with Gasteiger partial charge in [0.1, 0.15) is 5.75 Å². The molecule has 2 rings (SSSR count). The van der Waals surface area contributed by atoms with Crippen LogP contribution < -0.4 is 10.1 Å². The van der Waals surface area contributed by atoms with Gasteiger partial charge in [0.05, 0.1) is 6.61 Å². The normalized spacial score (nSPS) is 12.9. The molecule has 3 heteroatoms. The lowest BCUT2D eigenvalue weighted by atomic mass is 10.1. The van der Waals surface area contributed by atoms with Gasteiger partial charge in [-0.25, -0.2) is 0 Å². The Kier molecular flexibility index (Phi) is 3.62. The van der Waals surface area contributed by atoms with E-state index in [1.54, 1.807) is 0 Å². The van der Waals surface area contributed by atoms with Gasteiger partial charge in [0, 0.05) is 29.7 Å². The molecule has 0 radical (unpaired) electrons. The van der Waals surface area contributed by atoms with Gasteiger partial charge in [0.25, 0.3) is 0 Å². The molecule has 0 saturated heterocycles. The topological polar surface area (TPSA) is 26.2 Å². The molecule has 2 aromatic rings. The molecule has 0 amide bonds. The van der Waals surface area contributed by atoms with E-state index in [-0.39, 0.29) is 0 Å². The predicted octanol–water partition coefficient (Wildman–Crippen LogP) is 3.17. The number of benzene rings is 1. The molecule has 0 aliphatic carbocycles. The van der Waals surface area contributed by atoms with Crippen molar-refractivity contribution >= 4 is 10.9 Å². The van der Waals surface area contributed by atoms with Crippen molar-refractivity contribution in [2.45, 2.75) is 26.8 Å². The predicted molar refractivity (Wildman–Crippen MR) is 76.3 cm³/mol. The lowest BCUT2D eigenvalue weighted by molar-refractivity contribution is 0.340. The Morgan fingerprint density at radius 1 is 1.39 bits per heavy atom. The number of aryl methyl sites for hydroxylation is 2. The number of aromatic nitrogens is 1. The van der Waals surface area contributed by atoms with Gasteiger partial charge in [-0.2, -0.15) is 0 Å². The third kappa shape index (κ3) is 1.99. The van der Waals surface area contributed by atoms with Gasteiger partial charge in [-0.05, 0) is 51.6 Å². The molecule has 3 nitrogen and oxygen atoms in total. The lowest BCUT2D eigenvalue weighted by Crippen LogP contribution is -2.16. The van der Waals surface area contributed by atoms with Crippen LogP contribution in [0.15, 0.2) is 18.2 Å². The molecule has 1 N–H and O–H groups in total. The molecule has 0 bridgehead atoms. The highest BCUT2D eigenvalue weighted by Crippen LogP contribution is 2.31. The van der Waals surface area contributed by atoms with Gasteiger partial charge >= 0.3 is 0 Å². The van der Waals surface area contributed by atoms with Crippen LogP contribution in [-0.4, -0.2) is 18.2 Å². The number of hydrogen-bond acceptors (Lipinski definition) is 2. The Morgan fingerprint density at radius 3 is 2.72 bits per heavy atom. The van der Waals surface area contributed by atoms with Gasteiger partial charge in [-0.15, -0.1) is 0 Å². The molecular formula is C15H22N2O. The zero-order chi connectivity index (χ0) is 13.3. The number of nitrogens with one attached hydrogen (secondary N) is 1. The van der Waals surface area contributed by atoms with E-state index >= 15 is 0 Å². The van der Waals surface area contributed by atoms with Crippen molar-refractivity contribution < 1.29 is 4.74 Å². The van der Waals surface area contributed by atoms with Crippen molar-refractivity contribution in [2.75, 3.05) is 13.7 Å². The second kappa shape index (κ2) is 5.02. The molecule has 1 aromatic heterocycles. The number of fused-ring (bicyclic) bond motifs is 1. The zero-order valence-corrected chi connectivity index (χ0v) is 11.9. The third-order valence-electron chi connectivity index (χ3n) is 3.63. The van der Waals surface area contributed by atoms with E-state index in [9.17, 15) is 0 Å². The van der Waals surface area contributed by atoms with Crippen LogP contribution in [0.5, 0.6) is 5.75 Å². The molecule has 0 fully saturated rings. The van der Waals surface area contributed by atoms with Crippen molar-refractivity contribution in [2.24, 2.45) is 7.05 Å². The highest BCUT2D eigenvalue weighted by molar-refractivity contribution is 5.86. The largest absolute Gasteiger partial charge is 0.494 e. The second-order valence-electron chi connectivity index (χ2n) is 4.69. The van der Waals surface area contributed by atoms with Crippen molar-refractivity contribution in [1.29, 1.82) is 0 Å². The van der Waals surface area contributed by atoms with E-state index in [1.807, 2.05) is 20.0 Å². The summed E-state index contributed by atoms with van der Waals surface area (Å²) in [6.45, 7) is 7.08. The molecule has 1 aromatic carbocycles. The zero-order valence-electron chi connectivity index (χ0n) is 11.9. The maximum Gasteiger partial charge on any atom is 0.120 e. The maximum atomic E-state index is 5.58. The number of rotatable bonds is 4. The molecule has 1 unspecified atom stereocenters. The highest BCUT2D eigenvalue weighted by Gasteiger charge is 2.16. The van der Waals surface area contributed by atoms with Crippen LogP contribution in [0, 0.1) is 6.92 Å². The van der Waals surface area contributed by atoms with Crippen molar-refractivity contribution in [1.82, 2.24) is 9.88 Å². The highest BCUT2D eigenvalue weighted by atomic mass is 16.5. The quantitative estimate of drug-likeness (QED) is 0.896. The third-order valence-corrected chi connectivity index (χ3v) is 3.63. The molecule has 0 saturated carbocycles. The van der Waals surface area contributed by atoms with Crippen LogP contribution >= 0.6 is 0 Å². The fourth-order valence-electron chi connectivity index (χ4n) is 2.64. The minimum atomic E-state index is 0.345. The average molecular weight is 246 g/mol. The van der Waals surface area contributed by atoms with Crippen LogP contribution in [0.1, 0.15) is 31.1 Å². The van der Waals surface area contributed by atoms with Crippen LogP contribution in [-0.2, 0) is 7.05 Å². The second-order valence-corrected chi connectivity index (χ2v) is 4.69. The summed E-state index contributed by atoms with van der Waals surface area (Å²) >= 11 is 0. The van der Waals surface area contributed by atoms with E-state index < -0.39 is 0 Å². The minimum absolute atomic E-state index is 0.345. The lowest BCUT2D eigenvalue weighted by Gasteiger charge is -2.13. The van der Waals surface area contributed by atoms with Crippen molar-refractivity contribution in [3.63, 3.8) is 0 Å². The van der Waals surface area contributed by atoms with Crippen LogP contribution in [0.2, 0.25) is 0 Å². The molecule has 1 atom stereocenters. The number of ether oxygens (including phenoxy) is 1. The Morgan fingerprint density at radius 2 is 2.11 bits per heavy atom. The summed E-state index contributed by atoms with van der Waals surface area (Å²) in [4.78, 5) is 0. The smallest absolute Gasteiger partial charge is 0.120 e. The summed E-state index contributed by atoms with van der Waals surface area (Å²) in [7, 11) is 4.12. The summed E-state index contributed by atoms with van der Waals surface area (Å²) in [5.41, 5.74) is 3.92. The standard InChI is InChI=1S/C15H22N2O/c1-6-18-12-7-8-14-13(9-12)10(2)15(17(14)5)11(3)16-4/h7-9,11,16H,6H2,1-5H3. The van der Waals surface area contributed by atoms with Crippen molar-refractivity contribution in [3.8, 4) is 5.75 Å². The Bertz CT molecular complexity index is 557. The van der Waals surface area contributed by atoms with Gasteiger partial charge in [-0.1, -0.05) is 0 Å². The van der Waals surface area contributed by atoms with Gasteiger partial charge in [-0.3, -0.25) is 0 Å². The Hall–Kier alpha value is -1.48. The van der Waals surface area contributed by atoms with Crippen molar-refractivity contribution in [3.05, 3.63) is 29.5 Å². The van der Waals surface area contributed by atoms with E-state index in [0.29, 0.717) is 12.6 Å². The number of nitrogens with zero attached hydrogens (tertiary/aromatic N) is 1. The molecule has 18 heavy (non-hydrogen) atoms. The van der Waals surface area contributed by atoms with Gasteiger partial charge in [0.15, 0.2) is 0 Å². The maximum absolute atomic E-state index is 5.58. The monoisotopic (exact) mass is 246 g/mol. The first kappa shape index (κ1) is 13.0. The summed E-state index contributed by atoms with van der Waals surface area (Å²) in [5, 5.41) is 4.59. The van der Waals surface area contributed by atoms with Crippen LogP contribution in [0.25, 0.3) is 10.9 Å². The summed E-state index contributed by atoms with van der Waals surface area (Å²) in [5.74, 6) is 0.947. The van der Waals surface area contributed by atoms with E-state index in [1.165, 1.54) is 22.2 Å². The molecule has 0 spiro atoms. The number of hydrogen-bond donors (Lipinski definition) is 1. The molecule has 0 aliphatic heterocycles. The molecule has 1 heterocycles. The van der Waals surface area contributed by atoms with E-state index in [0.717, 1.165) is 5.75 Å². The Labute approximate surface area is 109 Å². The Balaban J connectivity index is 2.62. The van der Waals surface area contributed by atoms with E-state index in [2.05, 4.69) is 42.9 Å². The summed E-state index contributed by atoms with van der Waals surface area (Å²) in [6.07, 6.45) is 0. The summed E-state index contributed by atoms with van der Waals surface area (Å²) in [6, 6.07) is 6.66. The first-order chi connectivity index (χ1) is 8.60. The molecule has 0 aliphatic rings. The SMILES string of the molecule is CCOc1ccc2c(c1)c(C)c(C(C)NC)n2C. The fourth-order valence-corrected chi connectivity index (χ4v) is 2.64. The van der Waals surface area contributed by atoms with Crippen LogP contribution in [0.3, 0.4) is 0 Å². The van der Waals surface area contributed by atoms with Crippen LogP contribution in [0.4, 0.5) is 0 Å². The fraction of sp³-hybridized carbons (Fsp3) is 0.467.